The second-order valence-electron chi connectivity index (χ2n) is 11.7. The second kappa shape index (κ2) is 13.7. The molecule has 3 fully saturated rings. The van der Waals surface area contributed by atoms with Crippen molar-refractivity contribution in [3.05, 3.63) is 23.8 Å². The summed E-state index contributed by atoms with van der Waals surface area (Å²) in [6.07, 6.45) is 5.96. The van der Waals surface area contributed by atoms with Crippen LogP contribution in [0.5, 0.6) is 11.5 Å². The molecule has 1 aromatic carbocycles. The van der Waals surface area contributed by atoms with Crippen molar-refractivity contribution in [3.8, 4) is 11.5 Å². The van der Waals surface area contributed by atoms with E-state index in [4.69, 9.17) is 14.2 Å². The monoisotopic (exact) mass is 573 g/mol. The van der Waals surface area contributed by atoms with Gasteiger partial charge in [-0.2, -0.15) is 0 Å². The molecule has 41 heavy (non-hydrogen) atoms. The van der Waals surface area contributed by atoms with Gasteiger partial charge in [-0.3, -0.25) is 19.2 Å². The molecule has 0 radical (unpaired) electrons. The van der Waals surface area contributed by atoms with Crippen molar-refractivity contribution in [2.45, 2.75) is 88.9 Å². The number of epoxide rings is 1. The minimum Gasteiger partial charge on any atom is -0.504 e. The fourth-order valence-corrected chi connectivity index (χ4v) is 5.66. The van der Waals surface area contributed by atoms with Crippen LogP contribution in [0.15, 0.2) is 18.2 Å². The van der Waals surface area contributed by atoms with Crippen molar-refractivity contribution in [1.29, 1.82) is 0 Å². The van der Waals surface area contributed by atoms with Gasteiger partial charge in [0.1, 0.15) is 17.7 Å². The summed E-state index contributed by atoms with van der Waals surface area (Å²) in [7, 11) is 1.44. The highest BCUT2D eigenvalue weighted by Gasteiger charge is 2.50. The van der Waals surface area contributed by atoms with Gasteiger partial charge in [0.25, 0.3) is 0 Å². The predicted octanol–water partition coefficient (Wildman–Crippen LogP) is 1.78. The van der Waals surface area contributed by atoms with E-state index in [-0.39, 0.29) is 35.5 Å². The molecule has 2 aliphatic heterocycles. The summed E-state index contributed by atoms with van der Waals surface area (Å²) in [6, 6.07) is 2.05. The van der Waals surface area contributed by atoms with Crippen LogP contribution in [0.3, 0.4) is 0 Å². The van der Waals surface area contributed by atoms with Crippen LogP contribution in [0.2, 0.25) is 0 Å². The van der Waals surface area contributed by atoms with Gasteiger partial charge in [-0.1, -0.05) is 31.7 Å². The molecule has 0 aromatic heterocycles. The SMILES string of the molecule is COc1ccc(CC(NC(=O)C(C)NC(=O)C2CCOCC2)C(=O)NC(CC2CCCC2)C(=O)C2(C)CO2)cc1O. The Kier molecular flexibility index (Phi) is 10.2. The topological polar surface area (TPSA) is 156 Å². The Labute approximate surface area is 241 Å². The first-order valence-corrected chi connectivity index (χ1v) is 14.6. The van der Waals surface area contributed by atoms with E-state index in [0.29, 0.717) is 50.6 Å². The zero-order valence-electron chi connectivity index (χ0n) is 24.2. The predicted molar refractivity (Wildman–Crippen MR) is 149 cm³/mol. The number of benzene rings is 1. The number of carbonyl (C=O) groups is 4. The van der Waals surface area contributed by atoms with Crippen LogP contribution in [0, 0.1) is 11.8 Å². The molecule has 226 valence electrons. The van der Waals surface area contributed by atoms with Crippen molar-refractivity contribution >= 4 is 23.5 Å². The van der Waals surface area contributed by atoms with Crippen LogP contribution in [0.4, 0.5) is 0 Å². The van der Waals surface area contributed by atoms with Gasteiger partial charge < -0.3 is 35.3 Å². The van der Waals surface area contributed by atoms with Crippen molar-refractivity contribution in [2.24, 2.45) is 11.8 Å². The van der Waals surface area contributed by atoms with Gasteiger partial charge in [0, 0.05) is 25.6 Å². The molecule has 2 heterocycles. The lowest BCUT2D eigenvalue weighted by atomic mass is 9.90. The second-order valence-corrected chi connectivity index (χ2v) is 11.7. The number of aromatic hydroxyl groups is 1. The average Bonchev–Trinajstić information content (AvgIpc) is 3.50. The van der Waals surface area contributed by atoms with E-state index in [1.54, 1.807) is 26.0 Å². The van der Waals surface area contributed by atoms with Gasteiger partial charge in [0.15, 0.2) is 17.3 Å². The van der Waals surface area contributed by atoms with Crippen molar-refractivity contribution < 1.29 is 38.5 Å². The van der Waals surface area contributed by atoms with Gasteiger partial charge >= 0.3 is 0 Å². The molecule has 3 amide bonds. The third-order valence-electron chi connectivity index (χ3n) is 8.44. The summed E-state index contributed by atoms with van der Waals surface area (Å²) in [4.78, 5) is 52.9. The van der Waals surface area contributed by atoms with Crippen LogP contribution < -0.4 is 20.7 Å². The van der Waals surface area contributed by atoms with Crippen LogP contribution in [0.25, 0.3) is 0 Å². The van der Waals surface area contributed by atoms with Gasteiger partial charge in [-0.15, -0.1) is 0 Å². The summed E-state index contributed by atoms with van der Waals surface area (Å²) < 4.78 is 15.8. The molecule has 0 bridgehead atoms. The van der Waals surface area contributed by atoms with Crippen molar-refractivity contribution in [3.63, 3.8) is 0 Å². The number of methoxy groups -OCH3 is 1. The van der Waals surface area contributed by atoms with Gasteiger partial charge in [0.2, 0.25) is 17.7 Å². The zero-order chi connectivity index (χ0) is 29.6. The van der Waals surface area contributed by atoms with Crippen LogP contribution in [0.1, 0.15) is 64.4 Å². The summed E-state index contributed by atoms with van der Waals surface area (Å²) in [5, 5.41) is 18.7. The number of hydrogen-bond acceptors (Lipinski definition) is 8. The first-order valence-electron chi connectivity index (χ1n) is 14.6. The molecule has 4 N–H and O–H groups in total. The number of phenolic OH excluding ortho intramolecular Hbond substituents is 1. The number of ether oxygens (including phenoxy) is 3. The number of Topliss-reactive ketones (excluding diaryl/α,β-unsaturated/α-hetero) is 1. The lowest BCUT2D eigenvalue weighted by Crippen LogP contribution is -2.57. The first kappa shape index (κ1) is 30.8. The molecule has 1 saturated carbocycles. The number of hydrogen-bond donors (Lipinski definition) is 4. The lowest BCUT2D eigenvalue weighted by molar-refractivity contribution is -0.135. The fourth-order valence-electron chi connectivity index (χ4n) is 5.66. The van der Waals surface area contributed by atoms with Gasteiger partial charge in [-0.05, 0) is 56.7 Å². The standard InChI is InChI=1S/C30H43N3O8/c1-18(31-28(37)21-10-12-40-13-11-21)27(36)33-23(15-20-8-9-25(39-3)24(34)16-20)29(38)32-22(14-19-6-4-5-7-19)26(35)30(2)17-41-30/h8-9,16,18-19,21-23,34H,4-7,10-15,17H2,1-3H3,(H,31,37)(H,32,38)(H,33,36). The third kappa shape index (κ3) is 8.19. The Balaban J connectivity index is 1.48. The Hall–Kier alpha value is -3.18. The Morgan fingerprint density at radius 2 is 1.68 bits per heavy atom. The van der Waals surface area contributed by atoms with Crippen LogP contribution >= 0.6 is 0 Å². The van der Waals surface area contributed by atoms with E-state index in [0.717, 1.165) is 25.7 Å². The average molecular weight is 574 g/mol. The molecule has 11 heteroatoms. The van der Waals surface area contributed by atoms with Crippen LogP contribution in [-0.4, -0.2) is 79.3 Å². The number of carbonyl (C=O) groups excluding carboxylic acids is 4. The molecule has 4 unspecified atom stereocenters. The number of phenols is 1. The Morgan fingerprint density at radius 1 is 1.02 bits per heavy atom. The van der Waals surface area contributed by atoms with E-state index in [1.807, 2.05) is 0 Å². The van der Waals surface area contributed by atoms with Crippen molar-refractivity contribution in [1.82, 2.24) is 16.0 Å². The number of nitrogens with one attached hydrogen (secondary N) is 3. The lowest BCUT2D eigenvalue weighted by Gasteiger charge is -2.27. The number of rotatable bonds is 13. The number of amides is 3. The maximum absolute atomic E-state index is 13.7. The fraction of sp³-hybridized carbons (Fsp3) is 0.667. The van der Waals surface area contributed by atoms with E-state index < -0.39 is 35.5 Å². The van der Waals surface area contributed by atoms with E-state index in [2.05, 4.69) is 16.0 Å². The highest BCUT2D eigenvalue weighted by molar-refractivity contribution is 5.98. The highest BCUT2D eigenvalue weighted by atomic mass is 16.6. The summed E-state index contributed by atoms with van der Waals surface area (Å²) >= 11 is 0. The molecule has 2 saturated heterocycles. The molecule has 1 aromatic rings. The zero-order valence-corrected chi connectivity index (χ0v) is 24.2. The quantitative estimate of drug-likeness (QED) is 0.260. The molecule has 3 aliphatic rings. The maximum atomic E-state index is 13.7. The number of ketones is 1. The molecule has 11 nitrogen and oxygen atoms in total. The summed E-state index contributed by atoms with van der Waals surface area (Å²) in [5.74, 6) is -1.15. The largest absolute Gasteiger partial charge is 0.504 e. The molecular formula is C30H43N3O8. The van der Waals surface area contributed by atoms with Gasteiger partial charge in [-0.25, -0.2) is 0 Å². The van der Waals surface area contributed by atoms with Gasteiger partial charge in [0.05, 0.1) is 19.8 Å². The molecule has 4 rings (SSSR count). The summed E-state index contributed by atoms with van der Waals surface area (Å²) in [5.41, 5.74) is -0.321. The van der Waals surface area contributed by atoms with E-state index in [1.165, 1.54) is 13.2 Å². The summed E-state index contributed by atoms with van der Waals surface area (Å²) in [6.45, 7) is 4.61. The van der Waals surface area contributed by atoms with E-state index in [9.17, 15) is 24.3 Å². The van der Waals surface area contributed by atoms with Crippen LogP contribution in [-0.2, 0) is 35.1 Å². The molecule has 1 aliphatic carbocycles. The minimum absolute atomic E-state index is 0.0495. The van der Waals surface area contributed by atoms with Crippen molar-refractivity contribution in [2.75, 3.05) is 26.9 Å². The Bertz CT molecular complexity index is 1110. The molecular weight excluding hydrogens is 530 g/mol. The smallest absolute Gasteiger partial charge is 0.243 e. The first-order chi connectivity index (χ1) is 19.6. The van der Waals surface area contributed by atoms with E-state index >= 15 is 0 Å². The normalized spacial score (nSPS) is 23.2. The highest BCUT2D eigenvalue weighted by Crippen LogP contribution is 2.33. The molecule has 0 spiro atoms. The third-order valence-corrected chi connectivity index (χ3v) is 8.44. The molecule has 4 atom stereocenters. The Morgan fingerprint density at radius 3 is 2.29 bits per heavy atom. The maximum Gasteiger partial charge on any atom is 0.243 e. The minimum atomic E-state index is -1.07.